The molecule has 0 aromatic carbocycles. The van der Waals surface area contributed by atoms with Crippen molar-refractivity contribution < 1.29 is 9.53 Å². The molecule has 1 heterocycles. The van der Waals surface area contributed by atoms with Crippen molar-refractivity contribution in [1.29, 1.82) is 0 Å². The number of nitrogens with zero attached hydrogens (tertiary/aromatic N) is 3. The molecule has 0 fully saturated rings. The Morgan fingerprint density at radius 3 is 2.55 bits per heavy atom. The largest absolute Gasteiger partial charge is 0.383 e. The van der Waals surface area contributed by atoms with Gasteiger partial charge < -0.3 is 9.64 Å². The average molecular weight is 300 g/mol. The number of aromatic nitrogens is 2. The SMILES string of the molecule is COCCN(C(=O)c1nc(C(C)C)ncc1Cl)C(C)C. The minimum absolute atomic E-state index is 0.0474. The number of rotatable bonds is 6. The third kappa shape index (κ3) is 4.15. The van der Waals surface area contributed by atoms with E-state index in [2.05, 4.69) is 9.97 Å². The summed E-state index contributed by atoms with van der Waals surface area (Å²) in [7, 11) is 1.61. The van der Waals surface area contributed by atoms with Gasteiger partial charge in [0, 0.05) is 25.6 Å². The van der Waals surface area contributed by atoms with E-state index in [0.717, 1.165) is 0 Å². The first-order chi connectivity index (χ1) is 9.38. The van der Waals surface area contributed by atoms with Crippen LogP contribution in [0.25, 0.3) is 0 Å². The summed E-state index contributed by atoms with van der Waals surface area (Å²) >= 11 is 6.07. The van der Waals surface area contributed by atoms with Gasteiger partial charge in [0.05, 0.1) is 17.8 Å². The van der Waals surface area contributed by atoms with Crippen LogP contribution in [0.1, 0.15) is 49.9 Å². The number of ether oxygens (including phenoxy) is 1. The maximum absolute atomic E-state index is 12.6. The van der Waals surface area contributed by atoms with Crippen LogP contribution in [0.5, 0.6) is 0 Å². The Kier molecular flexibility index (Phi) is 6.36. The zero-order valence-corrected chi connectivity index (χ0v) is 13.4. The second kappa shape index (κ2) is 7.55. The lowest BCUT2D eigenvalue weighted by molar-refractivity contribution is 0.0628. The highest BCUT2D eigenvalue weighted by molar-refractivity contribution is 6.33. The normalized spacial score (nSPS) is 11.2. The van der Waals surface area contributed by atoms with Gasteiger partial charge in [-0.25, -0.2) is 9.97 Å². The topological polar surface area (TPSA) is 55.3 Å². The summed E-state index contributed by atoms with van der Waals surface area (Å²) in [6.45, 7) is 8.83. The molecule has 0 unspecified atom stereocenters. The molecule has 0 aliphatic rings. The molecule has 1 aromatic rings. The lowest BCUT2D eigenvalue weighted by Crippen LogP contribution is -2.40. The maximum atomic E-state index is 12.6. The summed E-state index contributed by atoms with van der Waals surface area (Å²) in [6.07, 6.45) is 1.49. The van der Waals surface area contributed by atoms with Crippen LogP contribution in [0, 0.1) is 0 Å². The summed E-state index contributed by atoms with van der Waals surface area (Å²) in [4.78, 5) is 22.7. The lowest BCUT2D eigenvalue weighted by atomic mass is 10.2. The minimum atomic E-state index is -0.189. The highest BCUT2D eigenvalue weighted by Crippen LogP contribution is 2.18. The Morgan fingerprint density at radius 2 is 2.05 bits per heavy atom. The molecule has 20 heavy (non-hydrogen) atoms. The quantitative estimate of drug-likeness (QED) is 0.810. The van der Waals surface area contributed by atoms with E-state index in [4.69, 9.17) is 16.3 Å². The third-order valence-electron chi connectivity index (χ3n) is 2.90. The van der Waals surface area contributed by atoms with Gasteiger partial charge in [0.1, 0.15) is 5.82 Å². The molecule has 0 N–H and O–H groups in total. The Bertz CT molecular complexity index is 464. The van der Waals surface area contributed by atoms with Gasteiger partial charge in [-0.15, -0.1) is 0 Å². The van der Waals surface area contributed by atoms with E-state index in [1.165, 1.54) is 6.20 Å². The number of hydrogen-bond acceptors (Lipinski definition) is 4. The van der Waals surface area contributed by atoms with Crippen molar-refractivity contribution in [2.24, 2.45) is 0 Å². The first-order valence-electron chi connectivity index (χ1n) is 6.70. The maximum Gasteiger partial charge on any atom is 0.274 e. The van der Waals surface area contributed by atoms with Crippen molar-refractivity contribution in [2.75, 3.05) is 20.3 Å². The van der Waals surface area contributed by atoms with Crippen LogP contribution in [0.15, 0.2) is 6.20 Å². The average Bonchev–Trinajstić information content (AvgIpc) is 2.38. The molecule has 0 atom stereocenters. The van der Waals surface area contributed by atoms with E-state index in [-0.39, 0.29) is 28.6 Å². The Morgan fingerprint density at radius 1 is 1.40 bits per heavy atom. The highest BCUT2D eigenvalue weighted by Gasteiger charge is 2.23. The van der Waals surface area contributed by atoms with Crippen LogP contribution in [0.2, 0.25) is 5.02 Å². The summed E-state index contributed by atoms with van der Waals surface area (Å²) in [5.74, 6) is 0.574. The van der Waals surface area contributed by atoms with Crippen molar-refractivity contribution in [3.8, 4) is 0 Å². The van der Waals surface area contributed by atoms with Crippen molar-refractivity contribution in [3.63, 3.8) is 0 Å². The zero-order chi connectivity index (χ0) is 15.3. The first kappa shape index (κ1) is 16.9. The number of carbonyl (C=O) groups excluding carboxylic acids is 1. The fraction of sp³-hybridized carbons (Fsp3) is 0.643. The summed E-state index contributed by atoms with van der Waals surface area (Å²) in [6, 6.07) is 0.0474. The molecule has 6 heteroatoms. The first-order valence-corrected chi connectivity index (χ1v) is 7.08. The molecular weight excluding hydrogens is 278 g/mol. The second-order valence-corrected chi connectivity index (χ2v) is 5.57. The Hall–Kier alpha value is -1.20. The minimum Gasteiger partial charge on any atom is -0.383 e. The van der Waals surface area contributed by atoms with E-state index in [0.29, 0.717) is 19.0 Å². The third-order valence-corrected chi connectivity index (χ3v) is 3.18. The van der Waals surface area contributed by atoms with Gasteiger partial charge in [-0.05, 0) is 13.8 Å². The van der Waals surface area contributed by atoms with E-state index in [9.17, 15) is 4.79 Å². The standard InChI is InChI=1S/C14H22ClN3O2/c1-9(2)13-16-8-11(15)12(17-13)14(19)18(10(3)4)6-7-20-5/h8-10H,6-7H2,1-5H3. The molecule has 0 aliphatic carbocycles. The summed E-state index contributed by atoms with van der Waals surface area (Å²) in [5.41, 5.74) is 0.259. The fourth-order valence-electron chi connectivity index (χ4n) is 1.73. The molecule has 0 spiro atoms. The van der Waals surface area contributed by atoms with Gasteiger partial charge in [0.15, 0.2) is 5.69 Å². The van der Waals surface area contributed by atoms with E-state index in [1.807, 2.05) is 27.7 Å². The molecule has 0 saturated carbocycles. The van der Waals surface area contributed by atoms with E-state index in [1.54, 1.807) is 12.0 Å². The molecule has 5 nitrogen and oxygen atoms in total. The van der Waals surface area contributed by atoms with Crippen LogP contribution >= 0.6 is 11.6 Å². The van der Waals surface area contributed by atoms with Crippen LogP contribution < -0.4 is 0 Å². The monoisotopic (exact) mass is 299 g/mol. The molecule has 1 aromatic heterocycles. The molecule has 0 bridgehead atoms. The van der Waals surface area contributed by atoms with Gasteiger partial charge in [-0.3, -0.25) is 4.79 Å². The van der Waals surface area contributed by atoms with E-state index >= 15 is 0 Å². The van der Waals surface area contributed by atoms with Crippen molar-refractivity contribution in [1.82, 2.24) is 14.9 Å². The number of methoxy groups -OCH3 is 1. The molecule has 112 valence electrons. The highest BCUT2D eigenvalue weighted by atomic mass is 35.5. The number of halogens is 1. The molecular formula is C14H22ClN3O2. The molecule has 0 radical (unpaired) electrons. The van der Waals surface area contributed by atoms with Crippen LogP contribution in [0.4, 0.5) is 0 Å². The van der Waals surface area contributed by atoms with Gasteiger partial charge in [0.2, 0.25) is 0 Å². The number of hydrogen-bond donors (Lipinski definition) is 0. The summed E-state index contributed by atoms with van der Waals surface area (Å²) < 4.78 is 5.04. The molecule has 0 aliphatic heterocycles. The van der Waals surface area contributed by atoms with Crippen LogP contribution in [0.3, 0.4) is 0 Å². The Labute approximate surface area is 125 Å². The van der Waals surface area contributed by atoms with Crippen LogP contribution in [-0.4, -0.2) is 47.1 Å². The van der Waals surface area contributed by atoms with Gasteiger partial charge in [-0.2, -0.15) is 0 Å². The predicted molar refractivity (Wildman–Crippen MR) is 79.2 cm³/mol. The fourth-order valence-corrected chi connectivity index (χ4v) is 1.90. The molecule has 1 rings (SSSR count). The number of amides is 1. The molecule has 1 amide bonds. The van der Waals surface area contributed by atoms with Crippen molar-refractivity contribution in [2.45, 2.75) is 39.7 Å². The second-order valence-electron chi connectivity index (χ2n) is 5.16. The van der Waals surface area contributed by atoms with Crippen molar-refractivity contribution >= 4 is 17.5 Å². The van der Waals surface area contributed by atoms with Gasteiger partial charge in [0.25, 0.3) is 5.91 Å². The molecule has 0 saturated heterocycles. The van der Waals surface area contributed by atoms with Gasteiger partial charge in [-0.1, -0.05) is 25.4 Å². The van der Waals surface area contributed by atoms with Crippen molar-refractivity contribution in [3.05, 3.63) is 22.7 Å². The zero-order valence-electron chi connectivity index (χ0n) is 12.7. The Balaban J connectivity index is 3.07. The smallest absolute Gasteiger partial charge is 0.274 e. The van der Waals surface area contributed by atoms with E-state index < -0.39 is 0 Å². The lowest BCUT2D eigenvalue weighted by Gasteiger charge is -2.26. The predicted octanol–water partition coefficient (Wildman–Crippen LogP) is 2.75. The number of carbonyl (C=O) groups is 1. The van der Waals surface area contributed by atoms with Gasteiger partial charge >= 0.3 is 0 Å². The summed E-state index contributed by atoms with van der Waals surface area (Å²) in [5, 5.41) is 0.280. The van der Waals surface area contributed by atoms with Crippen LogP contribution in [-0.2, 0) is 4.74 Å².